The fourth-order valence-electron chi connectivity index (χ4n) is 3.48. The standard InChI is InChI=1S/C20H23NO2/c22-20(23)17-11-9-16(10-12-17)14-21-19-8-4-7-18(19)13-15-5-2-1-3-6-15/h1-3,5-6,9-12,18-19,21H,4,7-8,13-14H2,(H,22,23). The lowest BCUT2D eigenvalue weighted by Crippen LogP contribution is -2.32. The number of hydrogen-bond acceptors (Lipinski definition) is 2. The average molecular weight is 309 g/mol. The van der Waals surface area contributed by atoms with Crippen LogP contribution in [0.15, 0.2) is 54.6 Å². The van der Waals surface area contributed by atoms with Crippen molar-refractivity contribution in [3.8, 4) is 0 Å². The van der Waals surface area contributed by atoms with Crippen molar-refractivity contribution in [1.82, 2.24) is 5.32 Å². The minimum absolute atomic E-state index is 0.344. The zero-order valence-electron chi connectivity index (χ0n) is 13.2. The Labute approximate surface area is 137 Å². The van der Waals surface area contributed by atoms with E-state index in [-0.39, 0.29) is 0 Å². The molecule has 1 saturated carbocycles. The third-order valence-electron chi connectivity index (χ3n) is 4.77. The molecule has 0 radical (unpaired) electrons. The van der Waals surface area contributed by atoms with E-state index in [0.717, 1.165) is 18.5 Å². The van der Waals surface area contributed by atoms with Crippen LogP contribution in [-0.4, -0.2) is 17.1 Å². The summed E-state index contributed by atoms with van der Waals surface area (Å²) in [6, 6.07) is 18.4. The number of benzene rings is 2. The molecule has 120 valence electrons. The fourth-order valence-corrected chi connectivity index (χ4v) is 3.48. The SMILES string of the molecule is O=C(O)c1ccc(CNC2CCCC2Cc2ccccc2)cc1. The van der Waals surface area contributed by atoms with E-state index in [1.165, 1.54) is 24.8 Å². The second-order valence-electron chi connectivity index (χ2n) is 6.37. The van der Waals surface area contributed by atoms with E-state index < -0.39 is 5.97 Å². The molecule has 0 spiro atoms. The van der Waals surface area contributed by atoms with Crippen LogP contribution >= 0.6 is 0 Å². The van der Waals surface area contributed by atoms with Gasteiger partial charge in [-0.1, -0.05) is 48.9 Å². The Hall–Kier alpha value is -2.13. The van der Waals surface area contributed by atoms with E-state index in [4.69, 9.17) is 5.11 Å². The molecule has 3 heteroatoms. The molecule has 2 atom stereocenters. The lowest BCUT2D eigenvalue weighted by atomic mass is 9.94. The van der Waals surface area contributed by atoms with Gasteiger partial charge in [0.15, 0.2) is 0 Å². The Balaban J connectivity index is 1.55. The summed E-state index contributed by atoms with van der Waals surface area (Å²) in [5.41, 5.74) is 2.90. The fraction of sp³-hybridized carbons (Fsp3) is 0.350. The van der Waals surface area contributed by atoms with Crippen LogP contribution in [0.25, 0.3) is 0 Å². The van der Waals surface area contributed by atoms with Gasteiger partial charge in [-0.15, -0.1) is 0 Å². The van der Waals surface area contributed by atoms with Gasteiger partial charge in [0, 0.05) is 12.6 Å². The highest BCUT2D eigenvalue weighted by Crippen LogP contribution is 2.29. The molecule has 1 aliphatic carbocycles. The predicted molar refractivity (Wildman–Crippen MR) is 91.5 cm³/mol. The van der Waals surface area contributed by atoms with Crippen LogP contribution in [0, 0.1) is 5.92 Å². The van der Waals surface area contributed by atoms with Crippen LogP contribution in [-0.2, 0) is 13.0 Å². The number of carboxylic acid groups (broad SMARTS) is 1. The number of rotatable bonds is 6. The van der Waals surface area contributed by atoms with Crippen molar-refractivity contribution < 1.29 is 9.90 Å². The zero-order chi connectivity index (χ0) is 16.1. The van der Waals surface area contributed by atoms with Gasteiger partial charge < -0.3 is 10.4 Å². The number of carboxylic acids is 1. The molecule has 23 heavy (non-hydrogen) atoms. The number of hydrogen-bond donors (Lipinski definition) is 2. The molecule has 3 rings (SSSR count). The van der Waals surface area contributed by atoms with Gasteiger partial charge in [0.2, 0.25) is 0 Å². The molecule has 2 N–H and O–H groups in total. The van der Waals surface area contributed by atoms with Gasteiger partial charge in [0.05, 0.1) is 5.56 Å². The van der Waals surface area contributed by atoms with Gasteiger partial charge in [-0.05, 0) is 48.4 Å². The monoisotopic (exact) mass is 309 g/mol. The van der Waals surface area contributed by atoms with Crippen molar-refractivity contribution in [2.45, 2.75) is 38.3 Å². The maximum absolute atomic E-state index is 10.9. The summed E-state index contributed by atoms with van der Waals surface area (Å²) in [5.74, 6) is -0.182. The predicted octanol–water partition coefficient (Wildman–Crippen LogP) is 3.89. The first-order valence-corrected chi connectivity index (χ1v) is 8.32. The molecule has 2 aromatic rings. The van der Waals surface area contributed by atoms with Crippen molar-refractivity contribution in [2.75, 3.05) is 0 Å². The lowest BCUT2D eigenvalue weighted by molar-refractivity contribution is 0.0697. The summed E-state index contributed by atoms with van der Waals surface area (Å²) < 4.78 is 0. The number of nitrogens with one attached hydrogen (secondary N) is 1. The van der Waals surface area contributed by atoms with Crippen LogP contribution < -0.4 is 5.32 Å². The van der Waals surface area contributed by atoms with Crippen LogP contribution in [0.2, 0.25) is 0 Å². The second kappa shape index (κ2) is 7.42. The molecule has 0 bridgehead atoms. The Kier molecular flexibility index (Phi) is 5.09. The van der Waals surface area contributed by atoms with Gasteiger partial charge in [0.25, 0.3) is 0 Å². The van der Waals surface area contributed by atoms with Gasteiger partial charge >= 0.3 is 5.97 Å². The summed E-state index contributed by atoms with van der Waals surface area (Å²) in [6.07, 6.45) is 4.93. The smallest absolute Gasteiger partial charge is 0.335 e. The number of carbonyl (C=O) groups is 1. The summed E-state index contributed by atoms with van der Waals surface area (Å²) in [6.45, 7) is 0.801. The quantitative estimate of drug-likeness (QED) is 0.851. The number of aromatic carboxylic acids is 1. The van der Waals surface area contributed by atoms with Crippen molar-refractivity contribution in [2.24, 2.45) is 5.92 Å². The van der Waals surface area contributed by atoms with Gasteiger partial charge in [0.1, 0.15) is 0 Å². The highest BCUT2D eigenvalue weighted by atomic mass is 16.4. The molecule has 0 amide bonds. The van der Waals surface area contributed by atoms with Crippen LogP contribution in [0.1, 0.15) is 40.7 Å². The molecule has 2 unspecified atom stereocenters. The molecule has 0 aliphatic heterocycles. The Bertz CT molecular complexity index is 636. The third kappa shape index (κ3) is 4.20. The molecular weight excluding hydrogens is 286 g/mol. The van der Waals surface area contributed by atoms with E-state index in [1.54, 1.807) is 12.1 Å². The van der Waals surface area contributed by atoms with Crippen molar-refractivity contribution >= 4 is 5.97 Å². The molecule has 1 fully saturated rings. The highest BCUT2D eigenvalue weighted by molar-refractivity contribution is 5.87. The van der Waals surface area contributed by atoms with Gasteiger partial charge in [-0.25, -0.2) is 4.79 Å². The van der Waals surface area contributed by atoms with Crippen molar-refractivity contribution in [1.29, 1.82) is 0 Å². The van der Waals surface area contributed by atoms with Crippen LogP contribution in [0.4, 0.5) is 0 Å². The summed E-state index contributed by atoms with van der Waals surface area (Å²) in [5, 5.41) is 12.6. The second-order valence-corrected chi connectivity index (χ2v) is 6.37. The van der Waals surface area contributed by atoms with E-state index in [0.29, 0.717) is 17.5 Å². The Morgan fingerprint density at radius 2 is 1.74 bits per heavy atom. The average Bonchev–Trinajstić information content (AvgIpc) is 3.01. The molecule has 2 aromatic carbocycles. The zero-order valence-corrected chi connectivity index (χ0v) is 13.2. The van der Waals surface area contributed by atoms with Gasteiger partial charge in [-0.2, -0.15) is 0 Å². The van der Waals surface area contributed by atoms with Crippen molar-refractivity contribution in [3.05, 3.63) is 71.3 Å². The Morgan fingerprint density at radius 3 is 2.43 bits per heavy atom. The summed E-state index contributed by atoms with van der Waals surface area (Å²) in [4.78, 5) is 10.9. The first-order chi connectivity index (χ1) is 11.2. The minimum Gasteiger partial charge on any atom is -0.478 e. The van der Waals surface area contributed by atoms with Crippen molar-refractivity contribution in [3.63, 3.8) is 0 Å². The first-order valence-electron chi connectivity index (χ1n) is 8.32. The van der Waals surface area contributed by atoms with Gasteiger partial charge in [-0.3, -0.25) is 0 Å². The summed E-state index contributed by atoms with van der Waals surface area (Å²) >= 11 is 0. The molecule has 0 aromatic heterocycles. The summed E-state index contributed by atoms with van der Waals surface area (Å²) in [7, 11) is 0. The molecule has 3 nitrogen and oxygen atoms in total. The van der Waals surface area contributed by atoms with E-state index in [9.17, 15) is 4.79 Å². The first kappa shape index (κ1) is 15.8. The molecule has 0 heterocycles. The largest absolute Gasteiger partial charge is 0.478 e. The normalized spacial score (nSPS) is 20.5. The van der Waals surface area contributed by atoms with Crippen LogP contribution in [0.3, 0.4) is 0 Å². The molecular formula is C20H23NO2. The van der Waals surface area contributed by atoms with Crippen LogP contribution in [0.5, 0.6) is 0 Å². The Morgan fingerprint density at radius 1 is 1.00 bits per heavy atom. The molecule has 1 aliphatic rings. The topological polar surface area (TPSA) is 49.3 Å². The van der Waals surface area contributed by atoms with E-state index in [2.05, 4.69) is 35.6 Å². The molecule has 0 saturated heterocycles. The minimum atomic E-state index is -0.872. The highest BCUT2D eigenvalue weighted by Gasteiger charge is 2.26. The third-order valence-corrected chi connectivity index (χ3v) is 4.77. The maximum Gasteiger partial charge on any atom is 0.335 e. The van der Waals surface area contributed by atoms with E-state index >= 15 is 0 Å². The lowest BCUT2D eigenvalue weighted by Gasteiger charge is -2.21. The van der Waals surface area contributed by atoms with E-state index in [1.807, 2.05) is 12.1 Å². The maximum atomic E-state index is 10.9.